The number of rotatable bonds is 4. The quantitative estimate of drug-likeness (QED) is 0.421. The summed E-state index contributed by atoms with van der Waals surface area (Å²) in [6, 6.07) is 8.93. The molecule has 2 heterocycles. The predicted molar refractivity (Wildman–Crippen MR) is 153 cm³/mol. The van der Waals surface area contributed by atoms with Gasteiger partial charge in [-0.15, -0.1) is 0 Å². The minimum absolute atomic E-state index is 0.262. The second kappa shape index (κ2) is 11.0. The molecule has 4 unspecified atom stereocenters. The molecule has 5 fully saturated rings. The lowest BCUT2D eigenvalue weighted by atomic mass is 9.62. The van der Waals surface area contributed by atoms with Gasteiger partial charge in [-0.25, -0.2) is 0 Å². The standard InChI is InChI=1S/C33H50N2O5/c1-23-18-26-20-24(2)33(29(19-23)21-26)39-37-32(38-40-33)12-10-28(11-13-32)27-8-6-25(7-9-27)22-31(3,4)30(36)35-16-14-34(5)15-17-35/h6-9,23-24,26,28-29H,10-22H2,1-5H3. The first-order valence-corrected chi connectivity index (χ1v) is 15.9. The van der Waals surface area contributed by atoms with E-state index in [4.69, 9.17) is 19.6 Å². The van der Waals surface area contributed by atoms with Gasteiger partial charge in [-0.3, -0.25) is 4.79 Å². The van der Waals surface area contributed by atoms with E-state index in [1.807, 2.05) is 4.90 Å². The van der Waals surface area contributed by atoms with Crippen molar-refractivity contribution in [2.45, 2.75) is 103 Å². The maximum Gasteiger partial charge on any atom is 0.239 e. The molecular weight excluding hydrogens is 504 g/mol. The van der Waals surface area contributed by atoms with E-state index < -0.39 is 17.0 Å². The average molecular weight is 555 g/mol. The number of hydrogen-bond acceptors (Lipinski definition) is 6. The molecule has 1 aromatic rings. The molecule has 7 nitrogen and oxygen atoms in total. The van der Waals surface area contributed by atoms with Gasteiger partial charge in [0.05, 0.1) is 0 Å². The first-order valence-electron chi connectivity index (χ1n) is 15.9. The minimum Gasteiger partial charge on any atom is -0.340 e. The van der Waals surface area contributed by atoms with Crippen molar-refractivity contribution in [3.05, 3.63) is 35.4 Å². The Morgan fingerprint density at radius 3 is 2.20 bits per heavy atom. The summed E-state index contributed by atoms with van der Waals surface area (Å²) >= 11 is 0. The van der Waals surface area contributed by atoms with Gasteiger partial charge in [0.25, 0.3) is 0 Å². The Bertz CT molecular complexity index is 1030. The van der Waals surface area contributed by atoms with Gasteiger partial charge in [0.1, 0.15) is 0 Å². The van der Waals surface area contributed by atoms with Crippen LogP contribution in [0.15, 0.2) is 24.3 Å². The number of benzene rings is 1. The molecule has 3 aliphatic carbocycles. The molecule has 2 saturated heterocycles. The van der Waals surface area contributed by atoms with Crippen molar-refractivity contribution >= 4 is 5.91 Å². The molecule has 7 heteroatoms. The number of likely N-dealkylation sites (N-methyl/N-ethyl adjacent to an activating group) is 1. The van der Waals surface area contributed by atoms with E-state index in [9.17, 15) is 4.79 Å². The Morgan fingerprint density at radius 1 is 0.900 bits per heavy atom. The molecule has 0 N–H and O–H groups in total. The molecule has 2 bridgehead atoms. The number of piperazine rings is 1. The van der Waals surface area contributed by atoms with Crippen molar-refractivity contribution in [3.63, 3.8) is 0 Å². The Labute approximate surface area is 240 Å². The molecule has 0 radical (unpaired) electrons. The predicted octanol–water partition coefficient (Wildman–Crippen LogP) is 6.08. The van der Waals surface area contributed by atoms with Crippen molar-refractivity contribution in [3.8, 4) is 0 Å². The van der Waals surface area contributed by atoms with Gasteiger partial charge in [0.15, 0.2) is 0 Å². The van der Waals surface area contributed by atoms with Crippen molar-refractivity contribution in [1.29, 1.82) is 0 Å². The highest BCUT2D eigenvalue weighted by Crippen LogP contribution is 2.55. The normalized spacial score (nSPS) is 39.0. The first kappa shape index (κ1) is 28.6. The Balaban J connectivity index is 1.02. The zero-order valence-corrected chi connectivity index (χ0v) is 25.3. The molecule has 4 atom stereocenters. The third kappa shape index (κ3) is 5.49. The van der Waals surface area contributed by atoms with Crippen molar-refractivity contribution in [2.24, 2.45) is 29.1 Å². The van der Waals surface area contributed by atoms with Crippen LogP contribution in [0.3, 0.4) is 0 Å². The highest BCUT2D eigenvalue weighted by Gasteiger charge is 2.60. The molecule has 3 saturated carbocycles. The molecule has 6 rings (SSSR count). The fourth-order valence-electron chi connectivity index (χ4n) is 8.43. The topological polar surface area (TPSA) is 60.5 Å². The summed E-state index contributed by atoms with van der Waals surface area (Å²) in [5, 5.41) is 0. The van der Waals surface area contributed by atoms with Gasteiger partial charge in [-0.1, -0.05) is 52.0 Å². The number of nitrogens with zero attached hydrogens (tertiary/aromatic N) is 2. The summed E-state index contributed by atoms with van der Waals surface area (Å²) in [4.78, 5) is 42.3. The van der Waals surface area contributed by atoms with E-state index in [-0.39, 0.29) is 11.8 Å². The van der Waals surface area contributed by atoms with Crippen LogP contribution in [0.2, 0.25) is 0 Å². The molecule has 1 aromatic carbocycles. The molecular formula is C33H50N2O5. The van der Waals surface area contributed by atoms with Crippen LogP contribution in [0.1, 0.15) is 96.1 Å². The second-order valence-electron chi connectivity index (χ2n) is 14.6. The number of carbonyl (C=O) groups is 1. The smallest absolute Gasteiger partial charge is 0.239 e. The lowest BCUT2D eigenvalue weighted by molar-refractivity contribution is -0.677. The third-order valence-electron chi connectivity index (χ3n) is 10.8. The Hall–Kier alpha value is -1.51. The summed E-state index contributed by atoms with van der Waals surface area (Å²) in [6.07, 6.45) is 8.86. The lowest BCUT2D eigenvalue weighted by Gasteiger charge is -2.55. The van der Waals surface area contributed by atoms with Gasteiger partial charge < -0.3 is 9.80 Å². The molecule has 40 heavy (non-hydrogen) atoms. The maximum absolute atomic E-state index is 13.2. The zero-order chi connectivity index (χ0) is 28.1. The van der Waals surface area contributed by atoms with Crippen LogP contribution >= 0.6 is 0 Å². The molecule has 222 valence electrons. The van der Waals surface area contributed by atoms with E-state index in [0.29, 0.717) is 17.8 Å². The highest BCUT2D eigenvalue weighted by molar-refractivity contribution is 5.82. The van der Waals surface area contributed by atoms with Crippen LogP contribution in [-0.2, 0) is 30.8 Å². The van der Waals surface area contributed by atoms with E-state index in [0.717, 1.165) is 83.5 Å². The second-order valence-corrected chi connectivity index (χ2v) is 14.6. The number of fused-ring (bicyclic) bond motifs is 3. The minimum atomic E-state index is -0.799. The first-order chi connectivity index (χ1) is 19.1. The number of amides is 1. The Morgan fingerprint density at radius 2 is 1.55 bits per heavy atom. The molecule has 2 aliphatic heterocycles. The third-order valence-corrected chi connectivity index (χ3v) is 10.8. The molecule has 5 aliphatic rings. The van der Waals surface area contributed by atoms with Crippen LogP contribution in [0.5, 0.6) is 0 Å². The molecule has 0 aromatic heterocycles. The maximum atomic E-state index is 13.2. The average Bonchev–Trinajstić information content (AvgIpc) is 2.93. The fraction of sp³-hybridized carbons (Fsp3) is 0.788. The van der Waals surface area contributed by atoms with E-state index in [1.165, 1.54) is 17.5 Å². The van der Waals surface area contributed by atoms with Gasteiger partial charge in [-0.2, -0.15) is 19.6 Å². The number of carbonyl (C=O) groups excluding carboxylic acids is 1. The van der Waals surface area contributed by atoms with Crippen LogP contribution < -0.4 is 0 Å². The lowest BCUT2D eigenvalue weighted by Crippen LogP contribution is -2.61. The molecule has 2 spiro atoms. The summed E-state index contributed by atoms with van der Waals surface area (Å²) in [5.74, 6) is 1.22. The molecule has 1 amide bonds. The Kier molecular flexibility index (Phi) is 7.84. The monoisotopic (exact) mass is 554 g/mol. The van der Waals surface area contributed by atoms with Gasteiger partial charge in [-0.05, 0) is 80.9 Å². The van der Waals surface area contributed by atoms with Crippen molar-refractivity contribution in [1.82, 2.24) is 9.80 Å². The van der Waals surface area contributed by atoms with Crippen molar-refractivity contribution in [2.75, 3.05) is 33.2 Å². The van der Waals surface area contributed by atoms with Crippen molar-refractivity contribution < 1.29 is 24.3 Å². The van der Waals surface area contributed by atoms with E-state index in [1.54, 1.807) is 0 Å². The van der Waals surface area contributed by atoms with Crippen LogP contribution in [0, 0.1) is 29.1 Å². The largest absolute Gasteiger partial charge is 0.340 e. The summed E-state index contributed by atoms with van der Waals surface area (Å²) in [7, 11) is 2.12. The summed E-state index contributed by atoms with van der Waals surface area (Å²) in [5.41, 5.74) is 2.16. The van der Waals surface area contributed by atoms with Crippen LogP contribution in [0.25, 0.3) is 0 Å². The SMILES string of the molecule is CC1CC2CC(C)C3(OOC4(CCC(c5ccc(CC(C)(C)C(=O)N6CCN(C)CC6)cc5)CC4)OO3)C(C1)C2. The summed E-state index contributed by atoms with van der Waals surface area (Å²) in [6.45, 7) is 12.3. The highest BCUT2D eigenvalue weighted by atomic mass is 17.4. The van der Waals surface area contributed by atoms with Gasteiger partial charge in [0.2, 0.25) is 17.5 Å². The zero-order valence-electron chi connectivity index (χ0n) is 25.3. The van der Waals surface area contributed by atoms with E-state index >= 15 is 0 Å². The number of hydrogen-bond donors (Lipinski definition) is 0. The van der Waals surface area contributed by atoms with Crippen LogP contribution in [0.4, 0.5) is 0 Å². The van der Waals surface area contributed by atoms with Gasteiger partial charge in [0, 0.05) is 56.3 Å². The van der Waals surface area contributed by atoms with Crippen LogP contribution in [-0.4, -0.2) is 60.5 Å². The summed E-state index contributed by atoms with van der Waals surface area (Å²) < 4.78 is 0. The van der Waals surface area contributed by atoms with E-state index in [2.05, 4.69) is 63.9 Å². The fourth-order valence-corrected chi connectivity index (χ4v) is 8.43. The van der Waals surface area contributed by atoms with Gasteiger partial charge >= 0.3 is 0 Å².